The molecule has 0 amide bonds. The molecule has 1 N–H and O–H groups in total. The third-order valence-corrected chi connectivity index (χ3v) is 5.67. The number of rotatable bonds is 6. The molecule has 0 radical (unpaired) electrons. The second kappa shape index (κ2) is 7.04. The molecule has 9 heteroatoms. The zero-order valence-corrected chi connectivity index (χ0v) is 14.5. The molecule has 23 heavy (non-hydrogen) atoms. The fourth-order valence-electron chi connectivity index (χ4n) is 1.82. The number of thiophene rings is 1. The maximum absolute atomic E-state index is 12.3. The monoisotopic (exact) mass is 361 g/mol. The number of ketones is 1. The molecule has 3 aromatic heterocycles. The summed E-state index contributed by atoms with van der Waals surface area (Å²) >= 11 is 4.12. The van der Waals surface area contributed by atoms with E-state index < -0.39 is 5.92 Å². The summed E-state index contributed by atoms with van der Waals surface area (Å²) in [6.45, 7) is 1.84. The van der Waals surface area contributed by atoms with Crippen LogP contribution in [0.25, 0.3) is 10.7 Å². The van der Waals surface area contributed by atoms with Crippen molar-refractivity contribution in [3.05, 3.63) is 33.6 Å². The van der Waals surface area contributed by atoms with Gasteiger partial charge in [0.2, 0.25) is 5.16 Å². The number of Topliss-reactive ketones (excluding diaryl/α,β-unsaturated/α-hetero) is 1. The Hall–Kier alpha value is -2.02. The lowest BCUT2D eigenvalue weighted by molar-refractivity contribution is -0.116. The minimum absolute atomic E-state index is 0.137. The van der Waals surface area contributed by atoms with Crippen LogP contribution in [0.2, 0.25) is 0 Å². The van der Waals surface area contributed by atoms with E-state index in [9.17, 15) is 10.1 Å². The molecule has 0 unspecified atom stereocenters. The second-order valence-corrected chi connectivity index (χ2v) is 7.37. The fourth-order valence-corrected chi connectivity index (χ4v) is 4.05. The lowest BCUT2D eigenvalue weighted by atomic mass is 10.1. The molecule has 116 valence electrons. The van der Waals surface area contributed by atoms with Crippen molar-refractivity contribution in [1.82, 2.24) is 20.2 Å². The van der Waals surface area contributed by atoms with Gasteiger partial charge in [0, 0.05) is 11.1 Å². The number of hydrogen-bond acceptors (Lipinski definition) is 8. The Kier molecular flexibility index (Phi) is 4.85. The number of carbonyl (C=O) groups excluding carboxylic acids is 1. The molecular formula is C14H11N5OS3. The number of nitriles is 1. The number of H-pyrrole nitrogens is 1. The van der Waals surface area contributed by atoms with Crippen molar-refractivity contribution in [3.63, 3.8) is 0 Å². The van der Waals surface area contributed by atoms with Crippen molar-refractivity contribution in [1.29, 1.82) is 5.26 Å². The highest BCUT2D eigenvalue weighted by Crippen LogP contribution is 2.26. The van der Waals surface area contributed by atoms with Gasteiger partial charge in [-0.1, -0.05) is 17.8 Å². The van der Waals surface area contributed by atoms with E-state index in [0.29, 0.717) is 16.0 Å². The van der Waals surface area contributed by atoms with Crippen LogP contribution in [0.3, 0.4) is 0 Å². The zero-order valence-electron chi connectivity index (χ0n) is 12.0. The van der Waals surface area contributed by atoms with Gasteiger partial charge in [0.25, 0.3) is 0 Å². The molecule has 3 aromatic rings. The standard InChI is InChI=1S/C14H11N5OS3/c1-8-6-22-13(16-8)9(5-15)10(20)7-23-14-17-12(18-19-14)11-3-2-4-21-11/h2-4,6,9H,7H2,1H3,(H,17,18,19)/t9-/m0/s1. The fraction of sp³-hybridized carbons (Fsp3) is 0.214. The largest absolute Gasteiger partial charge is 0.297 e. The molecular weight excluding hydrogens is 350 g/mol. The third kappa shape index (κ3) is 3.67. The van der Waals surface area contributed by atoms with Gasteiger partial charge in [-0.15, -0.1) is 27.8 Å². The predicted molar refractivity (Wildman–Crippen MR) is 90.6 cm³/mol. The molecule has 6 nitrogen and oxygen atoms in total. The number of aromatic amines is 1. The second-order valence-electron chi connectivity index (χ2n) is 4.59. The summed E-state index contributed by atoms with van der Waals surface area (Å²) in [5.41, 5.74) is 0.820. The lowest BCUT2D eigenvalue weighted by Crippen LogP contribution is -2.13. The summed E-state index contributed by atoms with van der Waals surface area (Å²) in [6.07, 6.45) is 0. The van der Waals surface area contributed by atoms with Crippen LogP contribution >= 0.6 is 34.4 Å². The van der Waals surface area contributed by atoms with Crippen molar-refractivity contribution in [2.45, 2.75) is 18.0 Å². The quantitative estimate of drug-likeness (QED) is 0.677. The molecule has 0 saturated carbocycles. The number of carbonyl (C=O) groups is 1. The molecule has 0 bridgehead atoms. The molecule has 0 aromatic carbocycles. The zero-order chi connectivity index (χ0) is 16.2. The highest BCUT2D eigenvalue weighted by molar-refractivity contribution is 7.99. The van der Waals surface area contributed by atoms with E-state index in [0.717, 1.165) is 10.6 Å². The SMILES string of the molecule is Cc1csc([C@@H](C#N)C(=O)CSc2n[nH]c(-c3cccs3)n2)n1. The minimum Gasteiger partial charge on any atom is -0.297 e. The maximum atomic E-state index is 12.3. The number of aryl methyl sites for hydroxylation is 1. The summed E-state index contributed by atoms with van der Waals surface area (Å²) in [6, 6.07) is 5.92. The van der Waals surface area contributed by atoms with Crippen molar-refractivity contribution < 1.29 is 4.79 Å². The lowest BCUT2D eigenvalue weighted by Gasteiger charge is -2.03. The predicted octanol–water partition coefficient (Wildman–Crippen LogP) is 3.27. The minimum atomic E-state index is -0.822. The van der Waals surface area contributed by atoms with E-state index in [1.54, 1.807) is 11.3 Å². The van der Waals surface area contributed by atoms with Crippen LogP contribution in [0.1, 0.15) is 16.6 Å². The van der Waals surface area contributed by atoms with E-state index in [4.69, 9.17) is 0 Å². The Morgan fingerprint density at radius 2 is 2.35 bits per heavy atom. The summed E-state index contributed by atoms with van der Waals surface area (Å²) in [7, 11) is 0. The van der Waals surface area contributed by atoms with Gasteiger partial charge < -0.3 is 0 Å². The Labute approximate surface area is 144 Å². The van der Waals surface area contributed by atoms with Gasteiger partial charge in [0.05, 0.1) is 16.7 Å². The highest BCUT2D eigenvalue weighted by Gasteiger charge is 2.23. The average molecular weight is 361 g/mol. The van der Waals surface area contributed by atoms with Gasteiger partial charge in [-0.2, -0.15) is 5.26 Å². The summed E-state index contributed by atoms with van der Waals surface area (Å²) in [5, 5.41) is 21.0. The third-order valence-electron chi connectivity index (χ3n) is 2.90. The van der Waals surface area contributed by atoms with Crippen LogP contribution < -0.4 is 0 Å². The normalized spacial score (nSPS) is 12.0. The molecule has 0 spiro atoms. The average Bonchev–Trinajstić information content (AvgIpc) is 3.27. The van der Waals surface area contributed by atoms with E-state index in [-0.39, 0.29) is 11.5 Å². The van der Waals surface area contributed by atoms with E-state index in [2.05, 4.69) is 20.2 Å². The highest BCUT2D eigenvalue weighted by atomic mass is 32.2. The van der Waals surface area contributed by atoms with E-state index >= 15 is 0 Å². The van der Waals surface area contributed by atoms with Crippen molar-refractivity contribution >= 4 is 40.2 Å². The van der Waals surface area contributed by atoms with Crippen LogP contribution in [0.4, 0.5) is 0 Å². The first-order valence-corrected chi connectivity index (χ1v) is 9.35. The van der Waals surface area contributed by atoms with Gasteiger partial charge in [-0.25, -0.2) is 9.97 Å². The first-order chi connectivity index (χ1) is 11.2. The van der Waals surface area contributed by atoms with Crippen LogP contribution in [-0.4, -0.2) is 31.7 Å². The van der Waals surface area contributed by atoms with Gasteiger partial charge in [-0.05, 0) is 18.4 Å². The van der Waals surface area contributed by atoms with E-state index in [1.807, 2.05) is 35.9 Å². The van der Waals surface area contributed by atoms with Crippen LogP contribution in [0.15, 0.2) is 28.0 Å². The smallest absolute Gasteiger partial charge is 0.209 e. The van der Waals surface area contributed by atoms with Crippen molar-refractivity contribution in [2.75, 3.05) is 5.75 Å². The molecule has 1 atom stereocenters. The number of nitrogens with one attached hydrogen (secondary N) is 1. The van der Waals surface area contributed by atoms with Crippen LogP contribution in [0, 0.1) is 18.3 Å². The number of thiazole rings is 1. The molecule has 0 aliphatic heterocycles. The van der Waals surface area contributed by atoms with Crippen molar-refractivity contribution in [2.24, 2.45) is 0 Å². The summed E-state index contributed by atoms with van der Waals surface area (Å²) in [4.78, 5) is 21.8. The van der Waals surface area contributed by atoms with Crippen LogP contribution in [-0.2, 0) is 4.79 Å². The molecule has 0 fully saturated rings. The first-order valence-electron chi connectivity index (χ1n) is 6.61. The number of nitrogens with zero attached hydrogens (tertiary/aromatic N) is 4. The summed E-state index contributed by atoms with van der Waals surface area (Å²) < 4.78 is 0. The van der Waals surface area contributed by atoms with Gasteiger partial charge in [-0.3, -0.25) is 9.89 Å². The molecule has 3 rings (SSSR count). The Bertz CT molecular complexity index is 846. The topological polar surface area (TPSA) is 95.3 Å². The molecule has 0 saturated heterocycles. The van der Waals surface area contributed by atoms with Gasteiger partial charge in [0.15, 0.2) is 17.5 Å². The first kappa shape index (κ1) is 15.9. The number of aromatic nitrogens is 4. The Morgan fingerprint density at radius 3 is 3.00 bits per heavy atom. The number of hydrogen-bond donors (Lipinski definition) is 1. The molecule has 0 aliphatic carbocycles. The number of thioether (sulfide) groups is 1. The van der Waals surface area contributed by atoms with Gasteiger partial charge in [0.1, 0.15) is 5.01 Å². The maximum Gasteiger partial charge on any atom is 0.209 e. The van der Waals surface area contributed by atoms with Crippen LogP contribution in [0.5, 0.6) is 0 Å². The molecule has 3 heterocycles. The van der Waals surface area contributed by atoms with Crippen molar-refractivity contribution in [3.8, 4) is 16.8 Å². The molecule has 0 aliphatic rings. The van der Waals surface area contributed by atoms with E-state index in [1.165, 1.54) is 23.1 Å². The Balaban J connectivity index is 1.63. The van der Waals surface area contributed by atoms with Gasteiger partial charge >= 0.3 is 0 Å². The Morgan fingerprint density at radius 1 is 1.48 bits per heavy atom. The summed E-state index contributed by atoms with van der Waals surface area (Å²) in [5.74, 6) is -0.188.